The molecule has 0 spiro atoms. The molecule has 0 bridgehead atoms. The standard InChI is InChI=1S/C70H55BN4/c1-69(2,3)51-29-33-53(34-30-51)74-63-37-48-27-25-44-17-13-15-23-55(44)57(48)41-59(63)71-60-42-58-49(28-26-45-18-14-16-24-56(45)58)38-64(60)75(54-35-31-52(32-36-54)70(4,5)6)66-40-50(39-65(74)67(66)71)62-43-61(46-19-9-7-10-20-46)72-68(73-62)47-21-11-8-12-22-47/h7-43H,1-6H3. The third kappa shape index (κ3) is 7.43. The molecular weight excluding hydrogens is 908 g/mol. The van der Waals surface area contributed by atoms with Crippen LogP contribution in [0, 0.1) is 0 Å². The van der Waals surface area contributed by atoms with Crippen LogP contribution in [0.25, 0.3) is 77.0 Å². The van der Waals surface area contributed by atoms with E-state index in [0.717, 1.165) is 50.8 Å². The van der Waals surface area contributed by atoms with E-state index in [0.29, 0.717) is 5.82 Å². The molecule has 3 heterocycles. The van der Waals surface area contributed by atoms with Crippen LogP contribution in [-0.4, -0.2) is 16.7 Å². The molecule has 0 saturated carbocycles. The first-order valence-corrected chi connectivity index (χ1v) is 26.3. The van der Waals surface area contributed by atoms with Crippen LogP contribution in [0.4, 0.5) is 34.1 Å². The van der Waals surface area contributed by atoms with E-state index in [1.54, 1.807) is 0 Å². The quantitative estimate of drug-likeness (QED) is 0.127. The molecule has 2 aliphatic heterocycles. The molecule has 12 aromatic rings. The van der Waals surface area contributed by atoms with Crippen LogP contribution in [0.1, 0.15) is 52.7 Å². The molecule has 5 heteroatoms. The lowest BCUT2D eigenvalue weighted by Crippen LogP contribution is -2.61. The van der Waals surface area contributed by atoms with Gasteiger partial charge in [-0.2, -0.15) is 0 Å². The van der Waals surface area contributed by atoms with Crippen molar-refractivity contribution >= 4 is 100 Å². The van der Waals surface area contributed by atoms with Crippen LogP contribution < -0.4 is 26.2 Å². The third-order valence-corrected chi connectivity index (χ3v) is 15.9. The van der Waals surface area contributed by atoms with Crippen LogP contribution in [-0.2, 0) is 10.8 Å². The maximum absolute atomic E-state index is 5.51. The Labute approximate surface area is 439 Å². The maximum atomic E-state index is 5.51. The van der Waals surface area contributed by atoms with E-state index in [9.17, 15) is 0 Å². The molecule has 358 valence electrons. The fourth-order valence-corrected chi connectivity index (χ4v) is 12.0. The van der Waals surface area contributed by atoms with E-state index >= 15 is 0 Å². The SMILES string of the molecule is CC(C)(C)c1ccc(N2c3cc4ccc5ccccc5c4cc3B3c4cc5c(ccc6ccccc65)cc4N(c4ccc(C(C)(C)C)cc4)c4cc(-c5cc(-c6ccccc6)nc(-c6ccccc6)n5)cc2c43)cc1. The van der Waals surface area contributed by atoms with Gasteiger partial charge in [-0.05, 0) is 136 Å². The van der Waals surface area contributed by atoms with Gasteiger partial charge in [0.15, 0.2) is 5.82 Å². The Bertz CT molecular complexity index is 3980. The van der Waals surface area contributed by atoms with Crippen LogP contribution in [0.15, 0.2) is 224 Å². The van der Waals surface area contributed by atoms with Crippen molar-refractivity contribution in [2.24, 2.45) is 0 Å². The number of anilines is 6. The summed E-state index contributed by atoms with van der Waals surface area (Å²) in [4.78, 5) is 15.9. The van der Waals surface area contributed by atoms with Crippen molar-refractivity contribution in [2.75, 3.05) is 9.80 Å². The number of rotatable bonds is 5. The summed E-state index contributed by atoms with van der Waals surface area (Å²) in [6.07, 6.45) is 0. The molecule has 11 aromatic carbocycles. The van der Waals surface area contributed by atoms with Crippen molar-refractivity contribution in [3.05, 3.63) is 236 Å². The summed E-state index contributed by atoms with van der Waals surface area (Å²) in [6, 6.07) is 83.4. The highest BCUT2D eigenvalue weighted by atomic mass is 15.2. The third-order valence-electron chi connectivity index (χ3n) is 15.9. The molecule has 2 aliphatic rings. The van der Waals surface area contributed by atoms with E-state index in [4.69, 9.17) is 9.97 Å². The van der Waals surface area contributed by atoms with Crippen molar-refractivity contribution in [1.29, 1.82) is 0 Å². The van der Waals surface area contributed by atoms with Gasteiger partial charge in [0.25, 0.3) is 6.71 Å². The second-order valence-electron chi connectivity index (χ2n) is 22.7. The predicted octanol–water partition coefficient (Wildman–Crippen LogP) is 16.8. The maximum Gasteiger partial charge on any atom is 0.252 e. The zero-order valence-corrected chi connectivity index (χ0v) is 43.2. The van der Waals surface area contributed by atoms with Gasteiger partial charge in [-0.25, -0.2) is 9.97 Å². The Kier molecular flexibility index (Phi) is 10.1. The summed E-state index contributed by atoms with van der Waals surface area (Å²) in [7, 11) is 0. The van der Waals surface area contributed by atoms with E-state index in [1.165, 1.54) is 82.0 Å². The Balaban J connectivity index is 1.13. The van der Waals surface area contributed by atoms with Crippen molar-refractivity contribution in [1.82, 2.24) is 9.97 Å². The average molecular weight is 963 g/mol. The van der Waals surface area contributed by atoms with Crippen molar-refractivity contribution in [3.8, 4) is 33.9 Å². The highest BCUT2D eigenvalue weighted by Crippen LogP contribution is 2.48. The van der Waals surface area contributed by atoms with E-state index in [-0.39, 0.29) is 17.5 Å². The monoisotopic (exact) mass is 962 g/mol. The fraction of sp³-hybridized carbons (Fsp3) is 0.114. The molecule has 0 aliphatic carbocycles. The molecule has 0 unspecified atom stereocenters. The minimum Gasteiger partial charge on any atom is -0.311 e. The molecule has 0 fully saturated rings. The van der Waals surface area contributed by atoms with Crippen molar-refractivity contribution < 1.29 is 0 Å². The number of hydrogen-bond acceptors (Lipinski definition) is 4. The van der Waals surface area contributed by atoms with Gasteiger partial charge in [0.2, 0.25) is 0 Å². The number of fused-ring (bicyclic) bond motifs is 10. The summed E-state index contributed by atoms with van der Waals surface area (Å²) in [5.41, 5.74) is 18.0. The van der Waals surface area contributed by atoms with Gasteiger partial charge in [0.1, 0.15) is 0 Å². The van der Waals surface area contributed by atoms with Crippen LogP contribution in [0.3, 0.4) is 0 Å². The smallest absolute Gasteiger partial charge is 0.252 e. The number of aromatic nitrogens is 2. The minimum absolute atomic E-state index is 0.0145. The average Bonchev–Trinajstić information content (AvgIpc) is 3.46. The molecule has 0 amide bonds. The molecule has 0 radical (unpaired) electrons. The molecule has 14 rings (SSSR count). The van der Waals surface area contributed by atoms with E-state index in [2.05, 4.69) is 270 Å². The van der Waals surface area contributed by atoms with Crippen LogP contribution in [0.5, 0.6) is 0 Å². The largest absolute Gasteiger partial charge is 0.311 e. The first kappa shape index (κ1) is 44.9. The zero-order chi connectivity index (χ0) is 50.7. The molecular formula is C70H55BN4. The molecule has 0 saturated heterocycles. The fourth-order valence-electron chi connectivity index (χ4n) is 12.0. The Hall–Kier alpha value is -8.80. The summed E-state index contributed by atoms with van der Waals surface area (Å²) in [5, 5.41) is 9.92. The number of benzene rings is 11. The van der Waals surface area contributed by atoms with Gasteiger partial charge in [0.05, 0.1) is 11.4 Å². The second kappa shape index (κ2) is 16.9. The van der Waals surface area contributed by atoms with Gasteiger partial charge in [-0.15, -0.1) is 0 Å². The van der Waals surface area contributed by atoms with Gasteiger partial charge in [0, 0.05) is 50.8 Å². The molecule has 4 nitrogen and oxygen atoms in total. The van der Waals surface area contributed by atoms with E-state index in [1.807, 2.05) is 6.07 Å². The summed E-state index contributed by atoms with van der Waals surface area (Å²) in [6.45, 7) is 13.6. The first-order valence-electron chi connectivity index (χ1n) is 26.3. The predicted molar refractivity (Wildman–Crippen MR) is 320 cm³/mol. The second-order valence-corrected chi connectivity index (χ2v) is 22.7. The normalized spacial score (nSPS) is 13.1. The Morgan fingerprint density at radius 1 is 0.333 bits per heavy atom. The zero-order valence-electron chi connectivity index (χ0n) is 43.2. The molecule has 0 N–H and O–H groups in total. The molecule has 1 aromatic heterocycles. The van der Waals surface area contributed by atoms with E-state index < -0.39 is 0 Å². The van der Waals surface area contributed by atoms with Gasteiger partial charge < -0.3 is 9.80 Å². The Morgan fingerprint density at radius 2 is 0.747 bits per heavy atom. The van der Waals surface area contributed by atoms with Crippen molar-refractivity contribution in [2.45, 2.75) is 52.4 Å². The number of nitrogens with zero attached hydrogens (tertiary/aromatic N) is 4. The molecule has 75 heavy (non-hydrogen) atoms. The molecule has 0 atom stereocenters. The summed E-state index contributed by atoms with van der Waals surface area (Å²) in [5.74, 6) is 0.688. The minimum atomic E-state index is -0.124. The van der Waals surface area contributed by atoms with Gasteiger partial charge in [-0.3, -0.25) is 0 Å². The lowest BCUT2D eigenvalue weighted by Gasteiger charge is -2.45. The summed E-state index contributed by atoms with van der Waals surface area (Å²) >= 11 is 0. The van der Waals surface area contributed by atoms with Gasteiger partial charge in [-0.1, -0.05) is 211 Å². The highest BCUT2D eigenvalue weighted by Gasteiger charge is 2.44. The summed E-state index contributed by atoms with van der Waals surface area (Å²) < 4.78 is 0. The topological polar surface area (TPSA) is 32.3 Å². The van der Waals surface area contributed by atoms with Crippen LogP contribution >= 0.6 is 0 Å². The van der Waals surface area contributed by atoms with Crippen LogP contribution in [0.2, 0.25) is 0 Å². The highest BCUT2D eigenvalue weighted by molar-refractivity contribution is 7.00. The Morgan fingerprint density at radius 3 is 1.21 bits per heavy atom. The number of hydrogen-bond donors (Lipinski definition) is 0. The van der Waals surface area contributed by atoms with Gasteiger partial charge >= 0.3 is 0 Å². The lowest BCUT2D eigenvalue weighted by molar-refractivity contribution is 0.590. The first-order chi connectivity index (χ1) is 36.4. The lowest BCUT2D eigenvalue weighted by atomic mass is 9.33. The van der Waals surface area contributed by atoms with Crippen molar-refractivity contribution in [3.63, 3.8) is 0 Å².